The van der Waals surface area contributed by atoms with Crippen LogP contribution in [0.1, 0.15) is 36.6 Å². The molecule has 3 aromatic carbocycles. The Bertz CT molecular complexity index is 1340. The van der Waals surface area contributed by atoms with Crippen LogP contribution in [0, 0.1) is 6.92 Å². The molecule has 1 N–H and O–H groups in total. The van der Waals surface area contributed by atoms with E-state index in [2.05, 4.69) is 0 Å². The van der Waals surface area contributed by atoms with Gasteiger partial charge in [-0.2, -0.15) is 0 Å². The standard InChI is InChI=1S/C28H25NO6/c1-16(2)35-21-11-9-19(13-17(21)3)26(30)24-25(18-7-5-4-6-8-18)29(28(32)27(24)31)20-10-12-22-23(14-20)34-15-33-22/h4-14,16,25,30H,15H2,1-3H3/b26-24+. The van der Waals surface area contributed by atoms with Crippen LogP contribution in [0.25, 0.3) is 5.76 Å². The SMILES string of the molecule is Cc1cc(/C(O)=C2\C(=O)C(=O)N(c3ccc4c(c3)OCO4)C2c2ccccc2)ccc1OC(C)C. The molecule has 7 nitrogen and oxygen atoms in total. The highest BCUT2D eigenvalue weighted by atomic mass is 16.7. The zero-order valence-corrected chi connectivity index (χ0v) is 19.6. The summed E-state index contributed by atoms with van der Waals surface area (Å²) in [6, 6.07) is 18.6. The van der Waals surface area contributed by atoms with E-state index >= 15 is 0 Å². The lowest BCUT2D eigenvalue weighted by molar-refractivity contribution is -0.132. The van der Waals surface area contributed by atoms with Gasteiger partial charge in [0.2, 0.25) is 6.79 Å². The van der Waals surface area contributed by atoms with E-state index in [-0.39, 0.29) is 24.2 Å². The number of rotatable bonds is 5. The molecule has 35 heavy (non-hydrogen) atoms. The third-order valence-electron chi connectivity index (χ3n) is 6.01. The van der Waals surface area contributed by atoms with Crippen LogP contribution >= 0.6 is 0 Å². The first-order valence-electron chi connectivity index (χ1n) is 11.4. The Balaban J connectivity index is 1.65. The van der Waals surface area contributed by atoms with Crippen LogP contribution in [0.3, 0.4) is 0 Å². The van der Waals surface area contributed by atoms with E-state index in [4.69, 9.17) is 14.2 Å². The molecule has 7 heteroatoms. The first kappa shape index (κ1) is 22.5. The molecule has 0 aromatic heterocycles. The summed E-state index contributed by atoms with van der Waals surface area (Å²) in [7, 11) is 0. The summed E-state index contributed by atoms with van der Waals surface area (Å²) in [5, 5.41) is 11.4. The number of benzene rings is 3. The molecule has 0 bridgehead atoms. The van der Waals surface area contributed by atoms with Crippen LogP contribution < -0.4 is 19.1 Å². The van der Waals surface area contributed by atoms with Crippen molar-refractivity contribution >= 4 is 23.1 Å². The highest BCUT2D eigenvalue weighted by Crippen LogP contribution is 2.45. The molecule has 0 radical (unpaired) electrons. The highest BCUT2D eigenvalue weighted by Gasteiger charge is 2.47. The number of aryl methyl sites for hydroxylation is 1. The number of Topliss-reactive ketones (excluding diaryl/α,β-unsaturated/α-hetero) is 1. The minimum Gasteiger partial charge on any atom is -0.507 e. The molecular weight excluding hydrogens is 446 g/mol. The Kier molecular flexibility index (Phi) is 5.68. The zero-order chi connectivity index (χ0) is 24.7. The number of anilines is 1. The lowest BCUT2D eigenvalue weighted by atomic mass is 9.94. The minimum atomic E-state index is -0.816. The predicted molar refractivity (Wildman–Crippen MR) is 131 cm³/mol. The van der Waals surface area contributed by atoms with Crippen LogP contribution in [-0.4, -0.2) is 29.7 Å². The fourth-order valence-corrected chi connectivity index (χ4v) is 4.42. The molecule has 178 valence electrons. The maximum absolute atomic E-state index is 13.3. The Morgan fingerprint density at radius 2 is 1.74 bits per heavy atom. The van der Waals surface area contributed by atoms with Crippen LogP contribution in [-0.2, 0) is 9.59 Å². The number of nitrogens with zero attached hydrogens (tertiary/aromatic N) is 1. The number of carbonyl (C=O) groups is 2. The molecule has 1 unspecified atom stereocenters. The maximum Gasteiger partial charge on any atom is 0.300 e. The van der Waals surface area contributed by atoms with E-state index in [1.165, 1.54) is 4.90 Å². The number of carbonyl (C=O) groups excluding carboxylic acids is 2. The molecule has 2 aliphatic heterocycles. The molecule has 1 fully saturated rings. The summed E-state index contributed by atoms with van der Waals surface area (Å²) < 4.78 is 16.7. The van der Waals surface area contributed by atoms with Crippen molar-refractivity contribution in [3.63, 3.8) is 0 Å². The van der Waals surface area contributed by atoms with Crippen LogP contribution in [0.5, 0.6) is 17.2 Å². The second-order valence-corrected chi connectivity index (χ2v) is 8.76. The molecule has 0 aliphatic carbocycles. The number of hydrogen-bond acceptors (Lipinski definition) is 6. The molecule has 1 saturated heterocycles. The fraction of sp³-hybridized carbons (Fsp3) is 0.214. The van der Waals surface area contributed by atoms with E-state index in [9.17, 15) is 14.7 Å². The minimum absolute atomic E-state index is 0.00162. The van der Waals surface area contributed by atoms with Gasteiger partial charge in [0.1, 0.15) is 11.5 Å². The quantitative estimate of drug-likeness (QED) is 0.315. The summed E-state index contributed by atoms with van der Waals surface area (Å²) in [6.07, 6.45) is -0.00162. The summed E-state index contributed by atoms with van der Waals surface area (Å²) >= 11 is 0. The normalized spacial score (nSPS) is 18.4. The van der Waals surface area contributed by atoms with Crippen molar-refractivity contribution in [3.8, 4) is 17.2 Å². The van der Waals surface area contributed by atoms with Crippen LogP contribution in [0.15, 0.2) is 72.3 Å². The van der Waals surface area contributed by atoms with Gasteiger partial charge in [-0.1, -0.05) is 30.3 Å². The Labute approximate surface area is 203 Å². The fourth-order valence-electron chi connectivity index (χ4n) is 4.42. The van der Waals surface area contributed by atoms with Gasteiger partial charge in [0.25, 0.3) is 11.7 Å². The van der Waals surface area contributed by atoms with Crippen molar-refractivity contribution in [2.24, 2.45) is 0 Å². The maximum atomic E-state index is 13.3. The van der Waals surface area contributed by atoms with Gasteiger partial charge < -0.3 is 19.3 Å². The number of aliphatic hydroxyl groups is 1. The van der Waals surface area contributed by atoms with Gasteiger partial charge >= 0.3 is 0 Å². The number of ketones is 1. The van der Waals surface area contributed by atoms with Crippen molar-refractivity contribution in [2.45, 2.75) is 32.9 Å². The van der Waals surface area contributed by atoms with E-state index < -0.39 is 17.7 Å². The van der Waals surface area contributed by atoms with Crippen LogP contribution in [0.2, 0.25) is 0 Å². The number of ether oxygens (including phenoxy) is 3. The van der Waals surface area contributed by atoms with Gasteiger partial charge in [-0.05, 0) is 62.2 Å². The monoisotopic (exact) mass is 471 g/mol. The third kappa shape index (κ3) is 3.99. The average Bonchev–Trinajstić information content (AvgIpc) is 3.42. The summed E-state index contributed by atoms with van der Waals surface area (Å²) in [5.41, 5.74) is 2.44. The van der Waals surface area contributed by atoms with Gasteiger partial charge in [-0.15, -0.1) is 0 Å². The molecular formula is C28H25NO6. The molecule has 0 saturated carbocycles. The predicted octanol–water partition coefficient (Wildman–Crippen LogP) is 5.14. The van der Waals surface area contributed by atoms with Crippen molar-refractivity contribution in [3.05, 3.63) is 89.0 Å². The largest absolute Gasteiger partial charge is 0.507 e. The Hall–Kier alpha value is -4.26. The lowest BCUT2D eigenvalue weighted by Crippen LogP contribution is -2.29. The van der Waals surface area contributed by atoms with Gasteiger partial charge in [0.15, 0.2) is 11.5 Å². The highest BCUT2D eigenvalue weighted by molar-refractivity contribution is 6.51. The van der Waals surface area contributed by atoms with Crippen LogP contribution in [0.4, 0.5) is 5.69 Å². The third-order valence-corrected chi connectivity index (χ3v) is 6.01. The van der Waals surface area contributed by atoms with E-state index in [1.807, 2.05) is 51.1 Å². The molecule has 3 aromatic rings. The van der Waals surface area contributed by atoms with Crippen molar-refractivity contribution in [2.75, 3.05) is 11.7 Å². The summed E-state index contributed by atoms with van der Waals surface area (Å²) in [6.45, 7) is 5.83. The van der Waals surface area contributed by atoms with Crippen molar-refractivity contribution in [1.29, 1.82) is 0 Å². The molecule has 0 spiro atoms. The van der Waals surface area contributed by atoms with Gasteiger partial charge in [-0.25, -0.2) is 0 Å². The Morgan fingerprint density at radius 1 is 1.00 bits per heavy atom. The number of aliphatic hydroxyl groups excluding tert-OH is 1. The molecule has 1 amide bonds. The smallest absolute Gasteiger partial charge is 0.300 e. The van der Waals surface area contributed by atoms with Crippen molar-refractivity contribution in [1.82, 2.24) is 0 Å². The topological polar surface area (TPSA) is 85.3 Å². The average molecular weight is 472 g/mol. The van der Waals surface area contributed by atoms with Gasteiger partial charge in [0.05, 0.1) is 17.7 Å². The molecule has 2 aliphatic rings. The number of fused-ring (bicyclic) bond motifs is 1. The zero-order valence-electron chi connectivity index (χ0n) is 19.6. The second kappa shape index (κ2) is 8.83. The number of amides is 1. The molecule has 1 atom stereocenters. The lowest BCUT2D eigenvalue weighted by Gasteiger charge is -2.25. The van der Waals surface area contributed by atoms with E-state index in [1.54, 1.807) is 36.4 Å². The second-order valence-electron chi connectivity index (χ2n) is 8.76. The molecule has 2 heterocycles. The molecule has 5 rings (SSSR count). The summed E-state index contributed by atoms with van der Waals surface area (Å²) in [5.74, 6) is 0.0369. The van der Waals surface area contributed by atoms with E-state index in [0.29, 0.717) is 34.1 Å². The first-order valence-corrected chi connectivity index (χ1v) is 11.4. The van der Waals surface area contributed by atoms with Crippen molar-refractivity contribution < 1.29 is 28.9 Å². The summed E-state index contributed by atoms with van der Waals surface area (Å²) in [4.78, 5) is 28.0. The van der Waals surface area contributed by atoms with E-state index in [0.717, 1.165) is 5.56 Å². The first-order chi connectivity index (χ1) is 16.8. The number of hydrogen-bond donors (Lipinski definition) is 1. The Morgan fingerprint density at radius 3 is 2.46 bits per heavy atom. The van der Waals surface area contributed by atoms with Gasteiger partial charge in [-0.3, -0.25) is 14.5 Å². The van der Waals surface area contributed by atoms with Gasteiger partial charge in [0, 0.05) is 17.3 Å².